The molecule has 1 fully saturated rings. The first-order valence-corrected chi connectivity index (χ1v) is 4.61. The first-order chi connectivity index (χ1) is 5.34. The fraction of sp³-hybridized carbons (Fsp3) is 0.571. The molecule has 0 aromatic carbocycles. The Balaban J connectivity index is 1.85. The zero-order valence-corrected chi connectivity index (χ0v) is 7.03. The minimum Gasteiger partial charge on any atom is -0.389 e. The van der Waals surface area contributed by atoms with Crippen molar-refractivity contribution in [1.29, 1.82) is 0 Å². The highest BCUT2D eigenvalue weighted by atomic mass is 32.1. The van der Waals surface area contributed by atoms with Crippen LogP contribution in [0.3, 0.4) is 0 Å². The van der Waals surface area contributed by atoms with E-state index >= 15 is 0 Å². The smallest absolute Gasteiger partial charge is 0.184 e. The first-order valence-electron chi connectivity index (χ1n) is 3.80. The van der Waals surface area contributed by atoms with Gasteiger partial charge in [-0.05, 0) is 18.8 Å². The van der Waals surface area contributed by atoms with Crippen LogP contribution < -0.4 is 11.1 Å². The number of hydrogen-bond acceptors (Lipinski definition) is 4. The summed E-state index contributed by atoms with van der Waals surface area (Å²) in [4.78, 5) is 4.10. The summed E-state index contributed by atoms with van der Waals surface area (Å²) in [5.41, 5.74) is 5.52. The number of nitrogens with one attached hydrogen (secondary N) is 1. The fourth-order valence-electron chi connectivity index (χ4n) is 0.922. The van der Waals surface area contributed by atoms with E-state index in [-0.39, 0.29) is 0 Å². The van der Waals surface area contributed by atoms with E-state index in [9.17, 15) is 0 Å². The summed E-state index contributed by atoms with van der Waals surface area (Å²) in [7, 11) is 0. The van der Waals surface area contributed by atoms with Gasteiger partial charge in [-0.1, -0.05) is 11.3 Å². The molecule has 0 amide bonds. The fourth-order valence-corrected chi connectivity index (χ4v) is 1.51. The lowest BCUT2D eigenvalue weighted by Crippen LogP contribution is -2.01. The molecule has 0 atom stereocenters. The lowest BCUT2D eigenvalue weighted by molar-refractivity contribution is 0.887. The minimum absolute atomic E-state index is 0.781. The summed E-state index contributed by atoms with van der Waals surface area (Å²) >= 11 is 1.51. The molecule has 0 bridgehead atoms. The van der Waals surface area contributed by atoms with Crippen LogP contribution in [-0.2, 0) is 0 Å². The zero-order chi connectivity index (χ0) is 7.68. The van der Waals surface area contributed by atoms with E-state index in [1.54, 1.807) is 6.20 Å². The quantitative estimate of drug-likeness (QED) is 0.721. The Kier molecular flexibility index (Phi) is 1.69. The summed E-state index contributed by atoms with van der Waals surface area (Å²) in [6.07, 6.45) is 4.43. The monoisotopic (exact) mass is 169 g/mol. The number of nitrogen functional groups attached to an aromatic ring is 1. The maximum absolute atomic E-state index is 5.52. The molecular formula is C7H11N3S. The molecule has 1 heterocycles. The van der Waals surface area contributed by atoms with Crippen molar-refractivity contribution in [2.75, 3.05) is 17.6 Å². The number of nitrogens with zero attached hydrogens (tertiary/aromatic N) is 1. The number of anilines is 2. The van der Waals surface area contributed by atoms with Crippen LogP contribution in [0.15, 0.2) is 6.20 Å². The van der Waals surface area contributed by atoms with E-state index in [0.717, 1.165) is 22.6 Å². The summed E-state index contributed by atoms with van der Waals surface area (Å²) in [6, 6.07) is 0. The van der Waals surface area contributed by atoms with Crippen molar-refractivity contribution < 1.29 is 0 Å². The van der Waals surface area contributed by atoms with Gasteiger partial charge >= 0.3 is 0 Å². The lowest BCUT2D eigenvalue weighted by Gasteiger charge is -1.97. The molecule has 60 valence electrons. The second kappa shape index (κ2) is 2.70. The van der Waals surface area contributed by atoms with E-state index < -0.39 is 0 Å². The van der Waals surface area contributed by atoms with Gasteiger partial charge in [0.05, 0.1) is 6.20 Å². The van der Waals surface area contributed by atoms with Crippen molar-refractivity contribution in [2.24, 2.45) is 5.92 Å². The van der Waals surface area contributed by atoms with E-state index in [0.29, 0.717) is 0 Å². The van der Waals surface area contributed by atoms with Crippen LogP contribution in [0.25, 0.3) is 0 Å². The molecule has 0 unspecified atom stereocenters. The SMILES string of the molecule is Nc1cnc(NCC2CC2)s1. The van der Waals surface area contributed by atoms with Crippen LogP contribution in [0.4, 0.5) is 10.1 Å². The zero-order valence-electron chi connectivity index (χ0n) is 6.21. The van der Waals surface area contributed by atoms with Crippen molar-refractivity contribution in [1.82, 2.24) is 4.98 Å². The molecule has 4 heteroatoms. The van der Waals surface area contributed by atoms with E-state index in [1.165, 1.54) is 24.2 Å². The third kappa shape index (κ3) is 1.83. The molecule has 0 radical (unpaired) electrons. The largest absolute Gasteiger partial charge is 0.389 e. The Morgan fingerprint density at radius 3 is 3.09 bits per heavy atom. The lowest BCUT2D eigenvalue weighted by atomic mass is 10.4. The highest BCUT2D eigenvalue weighted by Gasteiger charge is 2.20. The average Bonchev–Trinajstić information content (AvgIpc) is 2.72. The van der Waals surface area contributed by atoms with Crippen molar-refractivity contribution in [3.05, 3.63) is 6.20 Å². The van der Waals surface area contributed by atoms with Crippen LogP contribution in [0, 0.1) is 5.92 Å². The van der Waals surface area contributed by atoms with Gasteiger partial charge in [0.15, 0.2) is 5.13 Å². The number of nitrogens with two attached hydrogens (primary N) is 1. The molecule has 2 rings (SSSR count). The van der Waals surface area contributed by atoms with Gasteiger partial charge in [-0.25, -0.2) is 4.98 Å². The third-order valence-corrected chi connectivity index (χ3v) is 2.55. The summed E-state index contributed by atoms with van der Waals surface area (Å²) < 4.78 is 0. The molecule has 3 N–H and O–H groups in total. The van der Waals surface area contributed by atoms with Crippen LogP contribution in [0.2, 0.25) is 0 Å². The van der Waals surface area contributed by atoms with Crippen LogP contribution >= 0.6 is 11.3 Å². The maximum Gasteiger partial charge on any atom is 0.184 e. The Morgan fingerprint density at radius 1 is 1.73 bits per heavy atom. The standard InChI is InChI=1S/C7H11N3S/c8-6-4-10-7(11-6)9-3-5-1-2-5/h4-5H,1-3,8H2,(H,9,10). The number of aromatic nitrogens is 1. The molecule has 0 aliphatic heterocycles. The number of hydrogen-bond donors (Lipinski definition) is 2. The van der Waals surface area contributed by atoms with Crippen molar-refractivity contribution in [3.8, 4) is 0 Å². The van der Waals surface area contributed by atoms with E-state index in [2.05, 4.69) is 10.3 Å². The summed E-state index contributed by atoms with van der Waals surface area (Å²) in [5.74, 6) is 0.889. The van der Waals surface area contributed by atoms with Gasteiger partial charge in [0.1, 0.15) is 5.00 Å². The Morgan fingerprint density at radius 2 is 2.55 bits per heavy atom. The van der Waals surface area contributed by atoms with Crippen LogP contribution in [-0.4, -0.2) is 11.5 Å². The predicted octanol–water partition coefficient (Wildman–Crippen LogP) is 1.55. The molecule has 1 aromatic rings. The van der Waals surface area contributed by atoms with Crippen molar-refractivity contribution >= 4 is 21.5 Å². The first kappa shape index (κ1) is 6.91. The Bertz CT molecular complexity index is 242. The van der Waals surface area contributed by atoms with Crippen molar-refractivity contribution in [2.45, 2.75) is 12.8 Å². The summed E-state index contributed by atoms with van der Waals surface area (Å²) in [6.45, 7) is 1.06. The van der Waals surface area contributed by atoms with E-state index in [1.807, 2.05) is 0 Å². The van der Waals surface area contributed by atoms with Gasteiger partial charge in [-0.2, -0.15) is 0 Å². The topological polar surface area (TPSA) is 50.9 Å². The normalized spacial score (nSPS) is 16.7. The van der Waals surface area contributed by atoms with E-state index in [4.69, 9.17) is 5.73 Å². The second-order valence-corrected chi connectivity index (χ2v) is 3.95. The third-order valence-electron chi connectivity index (χ3n) is 1.76. The molecule has 0 spiro atoms. The highest BCUT2D eigenvalue weighted by molar-refractivity contribution is 7.19. The van der Waals surface area contributed by atoms with Gasteiger partial charge in [-0.15, -0.1) is 0 Å². The highest BCUT2D eigenvalue weighted by Crippen LogP contribution is 2.29. The Hall–Kier alpha value is -0.770. The molecule has 1 aromatic heterocycles. The van der Waals surface area contributed by atoms with Crippen LogP contribution in [0.1, 0.15) is 12.8 Å². The van der Waals surface area contributed by atoms with Gasteiger partial charge in [-0.3, -0.25) is 0 Å². The predicted molar refractivity (Wildman–Crippen MR) is 47.7 cm³/mol. The molecule has 3 nitrogen and oxygen atoms in total. The molecule has 0 saturated heterocycles. The van der Waals surface area contributed by atoms with Crippen LogP contribution in [0.5, 0.6) is 0 Å². The molecule has 11 heavy (non-hydrogen) atoms. The number of rotatable bonds is 3. The second-order valence-electron chi connectivity index (χ2n) is 2.89. The minimum atomic E-state index is 0.781. The van der Waals surface area contributed by atoms with Gasteiger partial charge in [0.25, 0.3) is 0 Å². The maximum atomic E-state index is 5.52. The molecule has 1 aliphatic rings. The van der Waals surface area contributed by atoms with Gasteiger partial charge in [0.2, 0.25) is 0 Å². The summed E-state index contributed by atoms with van der Waals surface area (Å²) in [5, 5.41) is 4.99. The molecule has 1 saturated carbocycles. The molecular weight excluding hydrogens is 158 g/mol. The van der Waals surface area contributed by atoms with Crippen molar-refractivity contribution in [3.63, 3.8) is 0 Å². The number of thiazole rings is 1. The molecule has 1 aliphatic carbocycles. The van der Waals surface area contributed by atoms with Gasteiger partial charge < -0.3 is 11.1 Å². The van der Waals surface area contributed by atoms with Gasteiger partial charge in [0, 0.05) is 6.54 Å². The Labute approximate surface area is 69.6 Å². The average molecular weight is 169 g/mol.